The smallest absolute Gasteiger partial charge is 0.0775 e. The molecule has 33 heavy (non-hydrogen) atoms. The fourth-order valence-corrected chi connectivity index (χ4v) is 4.53. The Morgan fingerprint density at radius 3 is 2.55 bits per heavy atom. The highest BCUT2D eigenvalue weighted by Gasteiger charge is 2.40. The molecule has 2 saturated heterocycles. The summed E-state index contributed by atoms with van der Waals surface area (Å²) in [6.45, 7) is 17.9. The maximum Gasteiger partial charge on any atom is 0.0775 e. The van der Waals surface area contributed by atoms with Gasteiger partial charge >= 0.3 is 0 Å². The van der Waals surface area contributed by atoms with Crippen LogP contribution in [0.15, 0.2) is 31.1 Å². The Morgan fingerprint density at radius 1 is 1.27 bits per heavy atom. The molecule has 4 rings (SSSR count). The predicted octanol–water partition coefficient (Wildman–Crippen LogP) is 5.49. The molecule has 0 unspecified atom stereocenters. The van der Waals surface area contributed by atoms with E-state index < -0.39 is 0 Å². The van der Waals surface area contributed by atoms with Gasteiger partial charge in [0.05, 0.1) is 47.5 Å². The summed E-state index contributed by atoms with van der Waals surface area (Å²) >= 11 is 6.63. The Hall–Kier alpha value is -2.35. The first-order valence-electron chi connectivity index (χ1n) is 11.8. The Balaban J connectivity index is 0.00000149. The number of halogens is 1. The van der Waals surface area contributed by atoms with E-state index in [1.54, 1.807) is 10.9 Å². The van der Waals surface area contributed by atoms with Crippen LogP contribution in [0.3, 0.4) is 0 Å². The summed E-state index contributed by atoms with van der Waals surface area (Å²) in [6.07, 6.45) is 6.96. The van der Waals surface area contributed by atoms with Crippen LogP contribution in [0.5, 0.6) is 0 Å². The summed E-state index contributed by atoms with van der Waals surface area (Å²) in [5.41, 5.74) is 4.57. The van der Waals surface area contributed by atoms with Gasteiger partial charge in [0.1, 0.15) is 0 Å². The van der Waals surface area contributed by atoms with Crippen LogP contribution in [0, 0.1) is 5.41 Å². The Kier molecular flexibility index (Phi) is 8.57. The first-order valence-corrected chi connectivity index (χ1v) is 12.2. The van der Waals surface area contributed by atoms with E-state index >= 15 is 0 Å². The first-order chi connectivity index (χ1) is 15.9. The van der Waals surface area contributed by atoms with E-state index in [1.807, 2.05) is 32.2 Å². The lowest BCUT2D eigenvalue weighted by Crippen LogP contribution is -2.64. The Bertz CT molecular complexity index is 960. The van der Waals surface area contributed by atoms with E-state index in [0.717, 1.165) is 80.6 Å². The molecule has 0 radical (unpaired) electrons. The van der Waals surface area contributed by atoms with Crippen molar-refractivity contribution in [3.63, 3.8) is 0 Å². The van der Waals surface area contributed by atoms with Crippen molar-refractivity contribution < 1.29 is 4.74 Å². The molecule has 0 amide bonds. The highest BCUT2D eigenvalue weighted by molar-refractivity contribution is 6.33. The lowest BCUT2D eigenvalue weighted by Gasteiger charge is -2.50. The van der Waals surface area contributed by atoms with Crippen molar-refractivity contribution >= 4 is 40.6 Å². The quantitative estimate of drug-likeness (QED) is 0.497. The number of piperazine rings is 1. The second kappa shape index (κ2) is 11.2. The number of hydrogen-bond acceptors (Lipinski definition) is 6. The van der Waals surface area contributed by atoms with E-state index in [4.69, 9.17) is 21.7 Å². The summed E-state index contributed by atoms with van der Waals surface area (Å²) in [5, 5.41) is 16.3. The highest BCUT2D eigenvalue weighted by atomic mass is 35.5. The number of ether oxygens (including phenoxy) is 1. The fraction of sp³-hybridized carbons (Fsp3) is 0.520. The topological polar surface area (TPSA) is 69.4 Å². The zero-order valence-electron chi connectivity index (χ0n) is 20.3. The summed E-state index contributed by atoms with van der Waals surface area (Å²) in [7, 11) is 0. The van der Waals surface area contributed by atoms with Crippen LogP contribution in [0.2, 0.25) is 5.02 Å². The van der Waals surface area contributed by atoms with E-state index in [-0.39, 0.29) is 5.54 Å². The molecule has 0 bridgehead atoms. The number of nitrogens with zero attached hydrogens (tertiary/aromatic N) is 4. The SMILES string of the molecule is C=C(CCC)n1cc(Nc2cc(N3CCN(C4(C)COC4)CC3)c(Cl)cc2C=N)cn1.CC. The molecule has 2 aromatic rings. The van der Waals surface area contributed by atoms with Crippen LogP contribution in [-0.4, -0.2) is 65.8 Å². The van der Waals surface area contributed by atoms with Crippen molar-refractivity contribution in [1.82, 2.24) is 14.7 Å². The number of nitrogens with one attached hydrogen (secondary N) is 2. The van der Waals surface area contributed by atoms with Crippen molar-refractivity contribution in [2.45, 2.75) is 46.1 Å². The first kappa shape index (κ1) is 25.3. The molecule has 180 valence electrons. The van der Waals surface area contributed by atoms with Crippen LogP contribution in [0.4, 0.5) is 17.1 Å². The monoisotopic (exact) mass is 472 g/mol. The van der Waals surface area contributed by atoms with E-state index in [0.29, 0.717) is 5.02 Å². The number of aromatic nitrogens is 2. The lowest BCUT2D eigenvalue weighted by atomic mass is 9.97. The third kappa shape index (κ3) is 5.60. The van der Waals surface area contributed by atoms with Gasteiger partial charge in [-0.2, -0.15) is 5.10 Å². The minimum absolute atomic E-state index is 0.175. The molecular weight excluding hydrogens is 436 g/mol. The van der Waals surface area contributed by atoms with Gasteiger partial charge in [0.25, 0.3) is 0 Å². The number of hydrogen-bond donors (Lipinski definition) is 2. The molecule has 2 aliphatic heterocycles. The van der Waals surface area contributed by atoms with Crippen LogP contribution in [0.1, 0.15) is 46.1 Å². The predicted molar refractivity (Wildman–Crippen MR) is 139 cm³/mol. The van der Waals surface area contributed by atoms with Crippen molar-refractivity contribution in [2.24, 2.45) is 0 Å². The van der Waals surface area contributed by atoms with Gasteiger partial charge in [-0.1, -0.05) is 45.4 Å². The summed E-state index contributed by atoms with van der Waals surface area (Å²) in [4.78, 5) is 4.84. The number of allylic oxidation sites excluding steroid dienone is 1. The molecule has 1 aromatic carbocycles. The molecule has 0 saturated carbocycles. The van der Waals surface area contributed by atoms with E-state index in [9.17, 15) is 0 Å². The zero-order valence-corrected chi connectivity index (χ0v) is 21.1. The third-order valence-electron chi connectivity index (χ3n) is 6.21. The average molecular weight is 473 g/mol. The van der Waals surface area contributed by atoms with E-state index in [1.165, 1.54) is 6.21 Å². The van der Waals surface area contributed by atoms with Gasteiger partial charge in [0, 0.05) is 49.3 Å². The zero-order chi connectivity index (χ0) is 24.0. The molecule has 2 aliphatic rings. The molecule has 2 fully saturated rings. The second-order valence-electron chi connectivity index (χ2n) is 8.61. The van der Waals surface area contributed by atoms with Crippen LogP contribution >= 0.6 is 11.6 Å². The van der Waals surface area contributed by atoms with E-state index in [2.05, 4.69) is 40.6 Å². The molecule has 0 spiro atoms. The van der Waals surface area contributed by atoms with Crippen molar-refractivity contribution in [3.8, 4) is 0 Å². The van der Waals surface area contributed by atoms with Gasteiger partial charge in [0.2, 0.25) is 0 Å². The summed E-state index contributed by atoms with van der Waals surface area (Å²) in [6, 6.07) is 3.91. The van der Waals surface area contributed by atoms with Gasteiger partial charge in [-0.25, -0.2) is 4.68 Å². The minimum atomic E-state index is 0.175. The molecule has 2 N–H and O–H groups in total. The lowest BCUT2D eigenvalue weighted by molar-refractivity contribution is -0.131. The summed E-state index contributed by atoms with van der Waals surface area (Å²) in [5.74, 6) is 0. The van der Waals surface area contributed by atoms with Gasteiger partial charge in [-0.05, 0) is 25.5 Å². The van der Waals surface area contributed by atoms with Gasteiger partial charge in [0.15, 0.2) is 0 Å². The molecule has 0 aliphatic carbocycles. The van der Waals surface area contributed by atoms with Crippen molar-refractivity contribution in [2.75, 3.05) is 49.6 Å². The largest absolute Gasteiger partial charge is 0.377 e. The third-order valence-corrected chi connectivity index (χ3v) is 6.51. The summed E-state index contributed by atoms with van der Waals surface area (Å²) < 4.78 is 7.23. The standard InChI is InChI=1S/C23H31ClN6O.C2H6/c1-4-5-17(2)30-14-19(13-26-30)27-21-11-22(20(24)10-18(21)12-25)28-6-8-29(9-7-28)23(3)15-31-16-23;1-2/h10-14,25,27H,2,4-9,15-16H2,1,3H3;1-2H3. The fourth-order valence-electron chi connectivity index (χ4n) is 4.23. The van der Waals surface area contributed by atoms with Crippen LogP contribution < -0.4 is 10.2 Å². The molecule has 7 nitrogen and oxygen atoms in total. The number of anilines is 3. The highest BCUT2D eigenvalue weighted by Crippen LogP contribution is 2.35. The van der Waals surface area contributed by atoms with Crippen LogP contribution in [0.25, 0.3) is 5.70 Å². The maximum atomic E-state index is 7.82. The number of benzene rings is 1. The Labute approximate surface area is 202 Å². The van der Waals surface area contributed by atoms with Gasteiger partial charge < -0.3 is 20.4 Å². The van der Waals surface area contributed by atoms with Crippen molar-refractivity contribution in [1.29, 1.82) is 5.41 Å². The van der Waals surface area contributed by atoms with Crippen LogP contribution in [-0.2, 0) is 4.74 Å². The minimum Gasteiger partial charge on any atom is -0.377 e. The molecule has 1 aromatic heterocycles. The molecule has 0 atom stereocenters. The van der Waals surface area contributed by atoms with Gasteiger partial charge in [-0.15, -0.1) is 0 Å². The van der Waals surface area contributed by atoms with Crippen molar-refractivity contribution in [3.05, 3.63) is 41.7 Å². The Morgan fingerprint density at radius 2 is 1.97 bits per heavy atom. The molecular formula is C25H37ClN6O. The number of rotatable bonds is 8. The molecule has 3 heterocycles. The normalized spacial score (nSPS) is 17.5. The van der Waals surface area contributed by atoms with Gasteiger partial charge in [-0.3, -0.25) is 4.90 Å². The maximum absolute atomic E-state index is 7.82. The molecule has 8 heteroatoms. The average Bonchev–Trinajstić information content (AvgIpc) is 3.29. The second-order valence-corrected chi connectivity index (χ2v) is 9.02.